The predicted molar refractivity (Wildman–Crippen MR) is 73.7 cm³/mol. The quantitative estimate of drug-likeness (QED) is 0.764. The Balaban J connectivity index is 2.26. The normalized spacial score (nSPS) is 10.6. The fraction of sp³-hybridized carbons (Fsp3) is 0.357. The number of hydrogen-bond donors (Lipinski definition) is 0. The summed E-state index contributed by atoms with van der Waals surface area (Å²) in [6.07, 6.45) is 0. The van der Waals surface area contributed by atoms with Gasteiger partial charge < -0.3 is 9.47 Å². The highest BCUT2D eigenvalue weighted by molar-refractivity contribution is 5.80. The van der Waals surface area contributed by atoms with Gasteiger partial charge in [0.1, 0.15) is 12.4 Å². The Morgan fingerprint density at radius 3 is 2.76 bits per heavy atom. The second-order valence-corrected chi connectivity index (χ2v) is 4.17. The van der Waals surface area contributed by atoms with Crippen molar-refractivity contribution in [1.29, 1.82) is 0 Å². The number of hydrogen-bond acceptors (Lipinski definition) is 5. The van der Waals surface area contributed by atoms with Gasteiger partial charge in [-0.1, -0.05) is 12.1 Å². The van der Waals surface area contributed by atoms with Gasteiger partial charge in [0.2, 0.25) is 5.91 Å². The monoisotopic (exact) mass is 293 g/mol. The fourth-order valence-corrected chi connectivity index (χ4v) is 1.73. The molecule has 0 unspecified atom stereocenters. The van der Waals surface area contributed by atoms with E-state index in [1.165, 1.54) is 19.1 Å². The molecule has 1 aromatic heterocycles. The molecule has 112 valence electrons. The second-order valence-electron chi connectivity index (χ2n) is 4.17. The van der Waals surface area contributed by atoms with Gasteiger partial charge in [0.05, 0.1) is 12.2 Å². The van der Waals surface area contributed by atoms with Crippen LogP contribution >= 0.6 is 0 Å². The molecule has 1 heterocycles. The minimum absolute atomic E-state index is 0.0168. The van der Waals surface area contributed by atoms with Crippen LogP contribution in [0.3, 0.4) is 0 Å². The molecule has 6 nitrogen and oxygen atoms in total. The van der Waals surface area contributed by atoms with Crippen molar-refractivity contribution >= 4 is 5.91 Å². The van der Waals surface area contributed by atoms with Crippen LogP contribution in [0.1, 0.15) is 18.6 Å². The molecule has 7 heteroatoms. The van der Waals surface area contributed by atoms with Gasteiger partial charge in [-0.05, 0) is 19.1 Å². The van der Waals surface area contributed by atoms with Crippen LogP contribution in [0.4, 0.5) is 4.39 Å². The number of carbonyl (C=O) groups is 1. The third-order valence-electron chi connectivity index (χ3n) is 2.66. The molecule has 0 atom stereocenters. The molecule has 0 saturated carbocycles. The third-order valence-corrected chi connectivity index (χ3v) is 2.66. The molecular formula is C14H16FN3O3. The SMILES string of the molecule is CCOCCOc1nc(-c2ccccc2F)n(C(C)=O)n1. The van der Waals surface area contributed by atoms with E-state index in [1.54, 1.807) is 12.1 Å². The van der Waals surface area contributed by atoms with E-state index < -0.39 is 5.82 Å². The Kier molecular flexibility index (Phi) is 4.99. The number of nitrogens with zero attached hydrogens (tertiary/aromatic N) is 3. The molecular weight excluding hydrogens is 277 g/mol. The summed E-state index contributed by atoms with van der Waals surface area (Å²) in [5.74, 6) is -0.735. The standard InChI is InChI=1S/C14H16FN3O3/c1-3-20-8-9-21-14-16-13(18(17-14)10(2)19)11-6-4-5-7-12(11)15/h4-7H,3,8-9H2,1-2H3. The number of benzene rings is 1. The summed E-state index contributed by atoms with van der Waals surface area (Å²) in [6, 6.07) is 6.07. The molecule has 0 aliphatic carbocycles. The topological polar surface area (TPSA) is 66.2 Å². The Morgan fingerprint density at radius 2 is 2.10 bits per heavy atom. The van der Waals surface area contributed by atoms with Crippen LogP contribution in [-0.4, -0.2) is 40.5 Å². The Morgan fingerprint density at radius 1 is 1.33 bits per heavy atom. The lowest BCUT2D eigenvalue weighted by atomic mass is 10.2. The van der Waals surface area contributed by atoms with Gasteiger partial charge in [0.25, 0.3) is 0 Å². The summed E-state index contributed by atoms with van der Waals surface area (Å²) in [5, 5.41) is 3.94. The van der Waals surface area contributed by atoms with E-state index in [-0.39, 0.29) is 29.9 Å². The van der Waals surface area contributed by atoms with Crippen LogP contribution in [-0.2, 0) is 4.74 Å². The first-order valence-electron chi connectivity index (χ1n) is 6.57. The highest BCUT2D eigenvalue weighted by atomic mass is 19.1. The van der Waals surface area contributed by atoms with Gasteiger partial charge in [0, 0.05) is 13.5 Å². The lowest BCUT2D eigenvalue weighted by Crippen LogP contribution is -2.11. The average Bonchev–Trinajstić information content (AvgIpc) is 2.88. The van der Waals surface area contributed by atoms with Gasteiger partial charge in [-0.15, -0.1) is 5.10 Å². The highest BCUT2D eigenvalue weighted by Crippen LogP contribution is 2.22. The fourth-order valence-electron chi connectivity index (χ4n) is 1.73. The summed E-state index contributed by atoms with van der Waals surface area (Å²) in [4.78, 5) is 15.7. The maximum Gasteiger partial charge on any atom is 0.336 e. The molecule has 0 amide bonds. The largest absolute Gasteiger partial charge is 0.460 e. The van der Waals surface area contributed by atoms with Crippen molar-refractivity contribution in [3.05, 3.63) is 30.1 Å². The summed E-state index contributed by atoms with van der Waals surface area (Å²) in [7, 11) is 0. The number of halogens is 1. The van der Waals surface area contributed by atoms with Crippen molar-refractivity contribution in [2.75, 3.05) is 19.8 Å². The van der Waals surface area contributed by atoms with Gasteiger partial charge in [0.15, 0.2) is 5.82 Å². The third kappa shape index (κ3) is 3.63. The summed E-state index contributed by atoms with van der Waals surface area (Å²) in [5.41, 5.74) is 0.194. The molecule has 2 rings (SSSR count). The Hall–Kier alpha value is -2.28. The molecule has 0 radical (unpaired) electrons. The molecule has 0 spiro atoms. The molecule has 1 aromatic carbocycles. The number of rotatable bonds is 6. The summed E-state index contributed by atoms with van der Waals surface area (Å²) < 4.78 is 25.3. The van der Waals surface area contributed by atoms with E-state index in [0.717, 1.165) is 4.68 Å². The minimum atomic E-state index is -0.478. The van der Waals surface area contributed by atoms with Gasteiger partial charge in [-0.2, -0.15) is 9.67 Å². The highest BCUT2D eigenvalue weighted by Gasteiger charge is 2.18. The molecule has 0 aliphatic heterocycles. The van der Waals surface area contributed by atoms with Crippen molar-refractivity contribution < 1.29 is 18.7 Å². The summed E-state index contributed by atoms with van der Waals surface area (Å²) in [6.45, 7) is 4.42. The van der Waals surface area contributed by atoms with Crippen molar-refractivity contribution in [2.45, 2.75) is 13.8 Å². The summed E-state index contributed by atoms with van der Waals surface area (Å²) >= 11 is 0. The molecule has 0 saturated heterocycles. The van der Waals surface area contributed by atoms with Crippen molar-refractivity contribution in [2.24, 2.45) is 0 Å². The zero-order chi connectivity index (χ0) is 15.2. The van der Waals surface area contributed by atoms with Crippen LogP contribution in [0.2, 0.25) is 0 Å². The minimum Gasteiger partial charge on any atom is -0.460 e. The first-order chi connectivity index (χ1) is 10.1. The van der Waals surface area contributed by atoms with Crippen LogP contribution in [0.25, 0.3) is 11.4 Å². The van der Waals surface area contributed by atoms with Gasteiger partial charge in [-0.3, -0.25) is 4.79 Å². The van der Waals surface area contributed by atoms with Crippen LogP contribution in [0.5, 0.6) is 6.01 Å². The molecule has 21 heavy (non-hydrogen) atoms. The first kappa shape index (κ1) is 15.1. The van der Waals surface area contributed by atoms with E-state index in [4.69, 9.17) is 9.47 Å². The van der Waals surface area contributed by atoms with Crippen molar-refractivity contribution in [1.82, 2.24) is 14.8 Å². The smallest absolute Gasteiger partial charge is 0.336 e. The number of ether oxygens (including phenoxy) is 2. The Bertz CT molecular complexity index is 628. The zero-order valence-corrected chi connectivity index (χ0v) is 11.9. The molecule has 0 N–H and O–H groups in total. The van der Waals surface area contributed by atoms with Gasteiger partial charge >= 0.3 is 6.01 Å². The lowest BCUT2D eigenvalue weighted by molar-refractivity contribution is 0.0915. The Labute approximate surface area is 121 Å². The van der Waals surface area contributed by atoms with Gasteiger partial charge in [-0.25, -0.2) is 4.39 Å². The zero-order valence-electron chi connectivity index (χ0n) is 11.9. The lowest BCUT2D eigenvalue weighted by Gasteiger charge is -2.01. The second kappa shape index (κ2) is 6.94. The number of aromatic nitrogens is 3. The molecule has 2 aromatic rings. The van der Waals surface area contributed by atoms with Crippen LogP contribution < -0.4 is 4.74 Å². The van der Waals surface area contributed by atoms with Crippen molar-refractivity contribution in [3.8, 4) is 17.4 Å². The maximum atomic E-state index is 13.8. The van der Waals surface area contributed by atoms with E-state index >= 15 is 0 Å². The van der Waals surface area contributed by atoms with Crippen molar-refractivity contribution in [3.63, 3.8) is 0 Å². The molecule has 0 bridgehead atoms. The van der Waals surface area contributed by atoms with E-state index in [9.17, 15) is 9.18 Å². The maximum absolute atomic E-state index is 13.8. The van der Waals surface area contributed by atoms with Crippen LogP contribution in [0.15, 0.2) is 24.3 Å². The number of carbonyl (C=O) groups excluding carboxylic acids is 1. The molecule has 0 fully saturated rings. The first-order valence-corrected chi connectivity index (χ1v) is 6.57. The molecule has 0 aliphatic rings. The van der Waals surface area contributed by atoms with Crippen LogP contribution in [0, 0.1) is 5.82 Å². The average molecular weight is 293 g/mol. The van der Waals surface area contributed by atoms with E-state index in [1.807, 2.05) is 6.92 Å². The predicted octanol–water partition coefficient (Wildman–Crippen LogP) is 2.16. The van der Waals surface area contributed by atoms with E-state index in [0.29, 0.717) is 13.2 Å². The van der Waals surface area contributed by atoms with E-state index in [2.05, 4.69) is 10.1 Å².